The van der Waals surface area contributed by atoms with Gasteiger partial charge in [-0.15, -0.1) is 0 Å². The number of nitrogens with one attached hydrogen (secondary N) is 1. The highest BCUT2D eigenvalue weighted by Crippen LogP contribution is 2.29. The van der Waals surface area contributed by atoms with Gasteiger partial charge in [0.1, 0.15) is 11.6 Å². The molecule has 1 N–H and O–H groups in total. The Labute approximate surface area is 151 Å². The molecule has 0 atom stereocenters. The number of nitrogens with zero attached hydrogens (tertiary/aromatic N) is 4. The van der Waals surface area contributed by atoms with Gasteiger partial charge in [0.05, 0.1) is 13.2 Å². The minimum Gasteiger partial charge on any atom is -0.436 e. The van der Waals surface area contributed by atoms with E-state index in [2.05, 4.69) is 25.2 Å². The van der Waals surface area contributed by atoms with Gasteiger partial charge in [0, 0.05) is 37.4 Å². The fourth-order valence-corrected chi connectivity index (χ4v) is 2.68. The minimum absolute atomic E-state index is 0.500. The molecule has 26 heavy (non-hydrogen) atoms. The maximum Gasteiger partial charge on any atom is 0.263 e. The topological polar surface area (TPSA) is 72.4 Å². The standard InChI is InChI=1S/C19H19N5O2/c1-2-8-20-17(3-1)23-15-4-6-16(7-5-15)26-19-18(21-9-10-22-19)24-11-13-25-14-12-24/h1-10H,11-14H2,(H,20,23). The third-order valence-electron chi connectivity index (χ3n) is 3.96. The first-order valence-electron chi connectivity index (χ1n) is 8.48. The quantitative estimate of drug-likeness (QED) is 0.758. The first-order chi connectivity index (χ1) is 12.9. The smallest absolute Gasteiger partial charge is 0.263 e. The van der Waals surface area contributed by atoms with Crippen LogP contribution in [-0.4, -0.2) is 41.3 Å². The molecular weight excluding hydrogens is 330 g/mol. The van der Waals surface area contributed by atoms with Crippen LogP contribution >= 0.6 is 0 Å². The van der Waals surface area contributed by atoms with E-state index in [1.165, 1.54) is 0 Å². The SMILES string of the molecule is c1ccc(Nc2ccc(Oc3nccnc3N3CCOCC3)cc2)nc1. The summed E-state index contributed by atoms with van der Waals surface area (Å²) in [7, 11) is 0. The molecule has 1 aliphatic rings. The van der Waals surface area contributed by atoms with Gasteiger partial charge in [-0.3, -0.25) is 0 Å². The minimum atomic E-state index is 0.500. The van der Waals surface area contributed by atoms with Crippen LogP contribution in [-0.2, 0) is 4.74 Å². The summed E-state index contributed by atoms with van der Waals surface area (Å²) in [5.74, 6) is 2.74. The first-order valence-corrected chi connectivity index (χ1v) is 8.48. The third kappa shape index (κ3) is 3.89. The molecule has 1 aliphatic heterocycles. The summed E-state index contributed by atoms with van der Waals surface area (Å²) < 4.78 is 11.4. The van der Waals surface area contributed by atoms with E-state index in [0.717, 1.165) is 30.4 Å². The fourth-order valence-electron chi connectivity index (χ4n) is 2.68. The van der Waals surface area contributed by atoms with Crippen LogP contribution in [0.4, 0.5) is 17.3 Å². The molecule has 0 saturated carbocycles. The number of aromatic nitrogens is 3. The maximum atomic E-state index is 5.97. The Kier molecular flexibility index (Phi) is 4.88. The van der Waals surface area contributed by atoms with Gasteiger partial charge in [-0.25, -0.2) is 15.0 Å². The van der Waals surface area contributed by atoms with Crippen LogP contribution in [0.3, 0.4) is 0 Å². The van der Waals surface area contributed by atoms with Crippen LogP contribution in [0.1, 0.15) is 0 Å². The van der Waals surface area contributed by atoms with Crippen molar-refractivity contribution in [3.8, 4) is 11.6 Å². The zero-order valence-electron chi connectivity index (χ0n) is 14.2. The summed E-state index contributed by atoms with van der Waals surface area (Å²) in [5, 5.41) is 3.24. The molecule has 0 unspecified atom stereocenters. The molecule has 3 aromatic rings. The summed E-state index contributed by atoms with van der Waals surface area (Å²) in [6.07, 6.45) is 5.06. The van der Waals surface area contributed by atoms with E-state index in [9.17, 15) is 0 Å². The molecule has 2 aromatic heterocycles. The highest BCUT2D eigenvalue weighted by molar-refractivity contribution is 5.57. The molecule has 1 fully saturated rings. The van der Waals surface area contributed by atoms with Gasteiger partial charge in [0.25, 0.3) is 5.88 Å². The molecule has 3 heterocycles. The number of pyridine rings is 1. The lowest BCUT2D eigenvalue weighted by atomic mass is 10.3. The molecular formula is C19H19N5O2. The summed E-state index contributed by atoms with van der Waals surface area (Å²) in [6, 6.07) is 13.4. The Morgan fingerprint density at radius 2 is 1.69 bits per heavy atom. The zero-order chi connectivity index (χ0) is 17.6. The van der Waals surface area contributed by atoms with Crippen LogP contribution in [0, 0.1) is 0 Å². The normalized spacial score (nSPS) is 14.1. The van der Waals surface area contributed by atoms with Crippen LogP contribution in [0.15, 0.2) is 61.1 Å². The van der Waals surface area contributed by atoms with Crippen LogP contribution in [0.25, 0.3) is 0 Å². The number of morpholine rings is 1. The zero-order valence-corrected chi connectivity index (χ0v) is 14.2. The molecule has 0 bridgehead atoms. The summed E-state index contributed by atoms with van der Waals surface area (Å²) in [4.78, 5) is 15.2. The Morgan fingerprint density at radius 1 is 0.885 bits per heavy atom. The average molecular weight is 349 g/mol. The molecule has 1 saturated heterocycles. The average Bonchev–Trinajstić information content (AvgIpc) is 2.71. The van der Waals surface area contributed by atoms with Gasteiger partial charge in [-0.1, -0.05) is 6.07 Å². The fraction of sp³-hybridized carbons (Fsp3) is 0.211. The van der Waals surface area contributed by atoms with Crippen LogP contribution < -0.4 is 15.0 Å². The van der Waals surface area contributed by atoms with E-state index in [-0.39, 0.29) is 0 Å². The summed E-state index contributed by atoms with van der Waals surface area (Å²) in [5.41, 5.74) is 0.934. The molecule has 7 heteroatoms. The van der Waals surface area contributed by atoms with Crippen molar-refractivity contribution < 1.29 is 9.47 Å². The van der Waals surface area contributed by atoms with E-state index in [0.29, 0.717) is 24.8 Å². The van der Waals surface area contributed by atoms with Gasteiger partial charge in [-0.05, 0) is 36.4 Å². The largest absolute Gasteiger partial charge is 0.436 e. The number of anilines is 3. The lowest BCUT2D eigenvalue weighted by Crippen LogP contribution is -2.37. The van der Waals surface area contributed by atoms with E-state index in [4.69, 9.17) is 9.47 Å². The monoisotopic (exact) mass is 349 g/mol. The van der Waals surface area contributed by atoms with Gasteiger partial charge >= 0.3 is 0 Å². The summed E-state index contributed by atoms with van der Waals surface area (Å²) >= 11 is 0. The van der Waals surface area contributed by atoms with Gasteiger partial charge < -0.3 is 19.7 Å². The maximum absolute atomic E-state index is 5.97. The second-order valence-corrected chi connectivity index (χ2v) is 5.75. The molecule has 7 nitrogen and oxygen atoms in total. The van der Waals surface area contributed by atoms with Crippen LogP contribution in [0.2, 0.25) is 0 Å². The lowest BCUT2D eigenvalue weighted by Gasteiger charge is -2.28. The van der Waals surface area contributed by atoms with Crippen molar-refractivity contribution in [2.45, 2.75) is 0 Å². The van der Waals surface area contributed by atoms with Gasteiger partial charge in [0.15, 0.2) is 5.82 Å². The summed E-state index contributed by atoms with van der Waals surface area (Å²) in [6.45, 7) is 2.93. The van der Waals surface area contributed by atoms with E-state index >= 15 is 0 Å². The van der Waals surface area contributed by atoms with E-state index < -0.39 is 0 Å². The van der Waals surface area contributed by atoms with Crippen molar-refractivity contribution in [3.05, 3.63) is 61.1 Å². The number of benzene rings is 1. The first kappa shape index (κ1) is 16.3. The number of rotatable bonds is 5. The Balaban J connectivity index is 1.47. The Morgan fingerprint density at radius 3 is 2.46 bits per heavy atom. The van der Waals surface area contributed by atoms with Gasteiger partial charge in [0.2, 0.25) is 0 Å². The molecule has 0 spiro atoms. The molecule has 132 valence electrons. The molecule has 1 aromatic carbocycles. The van der Waals surface area contributed by atoms with Crippen LogP contribution in [0.5, 0.6) is 11.6 Å². The lowest BCUT2D eigenvalue weighted by molar-refractivity contribution is 0.122. The predicted octanol–water partition coefficient (Wildman–Crippen LogP) is 3.24. The second-order valence-electron chi connectivity index (χ2n) is 5.75. The molecule has 0 amide bonds. The Bertz CT molecular complexity index is 836. The van der Waals surface area contributed by atoms with Crippen molar-refractivity contribution in [3.63, 3.8) is 0 Å². The second kappa shape index (κ2) is 7.79. The predicted molar refractivity (Wildman–Crippen MR) is 99.1 cm³/mol. The number of ether oxygens (including phenoxy) is 2. The molecule has 0 radical (unpaired) electrons. The number of hydrogen-bond acceptors (Lipinski definition) is 7. The van der Waals surface area contributed by atoms with Crippen molar-refractivity contribution >= 4 is 17.3 Å². The van der Waals surface area contributed by atoms with Crippen molar-refractivity contribution in [1.82, 2.24) is 15.0 Å². The van der Waals surface area contributed by atoms with Crippen molar-refractivity contribution in [1.29, 1.82) is 0 Å². The highest BCUT2D eigenvalue weighted by Gasteiger charge is 2.18. The highest BCUT2D eigenvalue weighted by atomic mass is 16.5. The molecule has 0 aliphatic carbocycles. The Hall–Kier alpha value is -3.19. The van der Waals surface area contributed by atoms with E-state index in [1.807, 2.05) is 42.5 Å². The molecule has 4 rings (SSSR count). The van der Waals surface area contributed by atoms with E-state index in [1.54, 1.807) is 18.6 Å². The third-order valence-corrected chi connectivity index (χ3v) is 3.96. The van der Waals surface area contributed by atoms with Crippen molar-refractivity contribution in [2.75, 3.05) is 36.5 Å². The van der Waals surface area contributed by atoms with Crippen molar-refractivity contribution in [2.24, 2.45) is 0 Å². The number of hydrogen-bond donors (Lipinski definition) is 1. The van der Waals surface area contributed by atoms with Gasteiger partial charge in [-0.2, -0.15) is 0 Å².